The first-order valence-electron chi connectivity index (χ1n) is 2.91. The normalized spacial score (nSPS) is 7.57. The van der Waals surface area contributed by atoms with Crippen LogP contribution in [0.25, 0.3) is 0 Å². The lowest BCUT2D eigenvalue weighted by Crippen LogP contribution is -1.64. The van der Waals surface area contributed by atoms with E-state index in [9.17, 15) is 0 Å². The molecular weight excluding hydrogens is 215 g/mol. The second-order valence-electron chi connectivity index (χ2n) is 1.37. The fraction of sp³-hybridized carbons (Fsp3) is 0. The van der Waals surface area contributed by atoms with Gasteiger partial charge >= 0.3 is 8.25 Å². The van der Waals surface area contributed by atoms with E-state index in [1.54, 1.807) is 0 Å². The van der Waals surface area contributed by atoms with Gasteiger partial charge in [-0.05, 0) is 0 Å². The van der Waals surface area contributed by atoms with Crippen LogP contribution in [0.4, 0.5) is 0 Å². The van der Waals surface area contributed by atoms with Crippen LogP contribution in [0.1, 0.15) is 0 Å². The predicted molar refractivity (Wildman–Crippen MR) is 40.4 cm³/mol. The van der Waals surface area contributed by atoms with E-state index in [1.807, 2.05) is 0 Å². The Labute approximate surface area is 77.5 Å². The second-order valence-corrected chi connectivity index (χ2v) is 1.88. The van der Waals surface area contributed by atoms with Gasteiger partial charge in [0.2, 0.25) is 0 Å². The highest BCUT2D eigenvalue weighted by Gasteiger charge is 1.93. The molecule has 4 N–H and O–H groups in total. The van der Waals surface area contributed by atoms with Crippen LogP contribution < -0.4 is 0 Å². The SMILES string of the molecule is O=[P+](O)O.c1nn[nH]n1.c1nn[nH]n1. The zero-order valence-corrected chi connectivity index (χ0v) is 7.48. The number of nitrogens with one attached hydrogen (secondary N) is 2. The lowest BCUT2D eigenvalue weighted by molar-refractivity contribution is 0.405. The highest BCUT2D eigenvalue weighted by molar-refractivity contribution is 7.30. The third-order valence-corrected chi connectivity index (χ3v) is 0.539. The summed E-state index contributed by atoms with van der Waals surface area (Å²) >= 11 is 0. The molecular formula is C2H6N8O3P+. The number of aromatic nitrogens is 8. The fourth-order valence-corrected chi connectivity index (χ4v) is 0.258. The zero-order valence-electron chi connectivity index (χ0n) is 6.59. The molecule has 12 heteroatoms. The van der Waals surface area contributed by atoms with Crippen LogP contribution in [0, 0.1) is 0 Å². The van der Waals surface area contributed by atoms with Gasteiger partial charge in [-0.3, -0.25) is 0 Å². The highest BCUT2D eigenvalue weighted by atomic mass is 31.1. The average Bonchev–Trinajstić information content (AvgIpc) is 2.83. The maximum Gasteiger partial charge on any atom is 0.692 e. The lowest BCUT2D eigenvalue weighted by Gasteiger charge is -1.44. The van der Waals surface area contributed by atoms with E-state index in [1.165, 1.54) is 12.7 Å². The molecule has 0 saturated carbocycles. The van der Waals surface area contributed by atoms with Gasteiger partial charge in [0.1, 0.15) is 0 Å². The molecule has 2 aromatic heterocycles. The molecule has 11 nitrogen and oxygen atoms in total. The summed E-state index contributed by atoms with van der Waals surface area (Å²) < 4.78 is 8.70. The van der Waals surface area contributed by atoms with Crippen LogP contribution in [-0.2, 0) is 4.57 Å². The smallest absolute Gasteiger partial charge is 0.177 e. The summed E-state index contributed by atoms with van der Waals surface area (Å²) in [5, 5.41) is 24.3. The first kappa shape index (κ1) is 12.2. The van der Waals surface area contributed by atoms with Crippen LogP contribution in [0.15, 0.2) is 12.7 Å². The quantitative estimate of drug-likeness (QED) is 0.368. The summed E-state index contributed by atoms with van der Waals surface area (Å²) in [4.78, 5) is 14.2. The van der Waals surface area contributed by atoms with Crippen molar-refractivity contribution in [3.63, 3.8) is 0 Å². The van der Waals surface area contributed by atoms with E-state index in [2.05, 4.69) is 41.2 Å². The number of nitrogens with zero attached hydrogens (tertiary/aromatic N) is 6. The monoisotopic (exact) mass is 221 g/mol. The Balaban J connectivity index is 0.000000183. The molecule has 0 aliphatic rings. The summed E-state index contributed by atoms with van der Waals surface area (Å²) in [5.74, 6) is 0. The molecule has 2 heterocycles. The Morgan fingerprint density at radius 3 is 1.43 bits per heavy atom. The number of tetrazole rings is 2. The average molecular weight is 221 g/mol. The number of hydrogen-bond acceptors (Lipinski definition) is 7. The largest absolute Gasteiger partial charge is 0.692 e. The summed E-state index contributed by atoms with van der Waals surface area (Å²) in [6.45, 7) is 0. The highest BCUT2D eigenvalue weighted by Crippen LogP contribution is 1.98. The first-order valence-corrected chi connectivity index (χ1v) is 4.07. The van der Waals surface area contributed by atoms with Crippen LogP contribution in [-0.4, -0.2) is 51.0 Å². The molecule has 0 aliphatic heterocycles. The number of rotatable bonds is 0. The third-order valence-electron chi connectivity index (χ3n) is 0.539. The Kier molecular flexibility index (Phi) is 8.03. The van der Waals surface area contributed by atoms with Crippen molar-refractivity contribution >= 4 is 8.25 Å². The van der Waals surface area contributed by atoms with Crippen molar-refractivity contribution < 1.29 is 14.4 Å². The van der Waals surface area contributed by atoms with Gasteiger partial charge in [0.25, 0.3) is 0 Å². The molecule has 0 saturated heterocycles. The third kappa shape index (κ3) is 12.8. The van der Waals surface area contributed by atoms with E-state index in [0.29, 0.717) is 0 Å². The zero-order chi connectivity index (χ0) is 10.6. The molecule has 0 spiro atoms. The number of hydrogen-bond donors (Lipinski definition) is 4. The molecule has 2 rings (SSSR count). The van der Waals surface area contributed by atoms with Crippen molar-refractivity contribution in [3.05, 3.63) is 12.7 Å². The lowest BCUT2D eigenvalue weighted by atomic mass is 11.4. The van der Waals surface area contributed by atoms with Gasteiger partial charge in [-0.1, -0.05) is 10.4 Å². The first-order chi connectivity index (χ1) is 6.73. The molecule has 0 bridgehead atoms. The van der Waals surface area contributed by atoms with Gasteiger partial charge in [-0.15, -0.1) is 30.2 Å². The molecule has 76 valence electrons. The number of aromatic amines is 2. The fourth-order valence-electron chi connectivity index (χ4n) is 0.258. The van der Waals surface area contributed by atoms with Crippen LogP contribution >= 0.6 is 8.25 Å². The molecule has 2 aromatic rings. The second kappa shape index (κ2) is 9.25. The van der Waals surface area contributed by atoms with Crippen LogP contribution in [0.3, 0.4) is 0 Å². The minimum atomic E-state index is -2.87. The van der Waals surface area contributed by atoms with Crippen LogP contribution in [0.2, 0.25) is 0 Å². The van der Waals surface area contributed by atoms with Crippen molar-refractivity contribution in [2.75, 3.05) is 0 Å². The molecule has 0 aliphatic carbocycles. The van der Waals surface area contributed by atoms with E-state index < -0.39 is 8.25 Å². The Bertz CT molecular complexity index is 230. The van der Waals surface area contributed by atoms with Crippen LogP contribution in [0.5, 0.6) is 0 Å². The van der Waals surface area contributed by atoms with Crippen molar-refractivity contribution in [3.8, 4) is 0 Å². The maximum absolute atomic E-state index is 8.70. The van der Waals surface area contributed by atoms with Gasteiger partial charge in [-0.2, -0.15) is 10.4 Å². The molecule has 0 fully saturated rings. The van der Waals surface area contributed by atoms with E-state index in [0.717, 1.165) is 0 Å². The molecule has 0 aromatic carbocycles. The van der Waals surface area contributed by atoms with Gasteiger partial charge < -0.3 is 0 Å². The van der Waals surface area contributed by atoms with E-state index in [-0.39, 0.29) is 0 Å². The maximum atomic E-state index is 8.70. The Hall–Kier alpha value is -1.84. The standard InChI is InChI=1S/2CH2N4.HO3P/c2*1-2-4-5-3-1;1-4(2)3/h2*1H,(H,2,3,4,5);(H-,1,2,3)/p+1. The van der Waals surface area contributed by atoms with Gasteiger partial charge in [0.05, 0.1) is 0 Å². The van der Waals surface area contributed by atoms with Gasteiger partial charge in [0.15, 0.2) is 12.7 Å². The molecule has 0 radical (unpaired) electrons. The van der Waals surface area contributed by atoms with Crippen molar-refractivity contribution in [2.45, 2.75) is 0 Å². The van der Waals surface area contributed by atoms with Crippen molar-refractivity contribution in [1.82, 2.24) is 41.2 Å². The van der Waals surface area contributed by atoms with E-state index >= 15 is 0 Å². The van der Waals surface area contributed by atoms with Gasteiger partial charge in [-0.25, -0.2) is 0 Å². The molecule has 0 unspecified atom stereocenters. The van der Waals surface area contributed by atoms with Gasteiger partial charge in [0, 0.05) is 4.57 Å². The number of H-pyrrole nitrogens is 2. The van der Waals surface area contributed by atoms with Crippen molar-refractivity contribution in [1.29, 1.82) is 0 Å². The summed E-state index contributed by atoms with van der Waals surface area (Å²) in [6.07, 6.45) is 2.67. The molecule has 14 heavy (non-hydrogen) atoms. The predicted octanol–water partition coefficient (Wildman–Crippen LogP) is -1.97. The summed E-state index contributed by atoms with van der Waals surface area (Å²) in [5.41, 5.74) is 0. The topological polar surface area (TPSA) is 166 Å². The minimum absolute atomic E-state index is 1.33. The van der Waals surface area contributed by atoms with E-state index in [4.69, 9.17) is 14.4 Å². The summed E-state index contributed by atoms with van der Waals surface area (Å²) in [7, 11) is -2.87. The molecule has 0 atom stereocenters. The Morgan fingerprint density at radius 2 is 1.36 bits per heavy atom. The minimum Gasteiger partial charge on any atom is -0.177 e. The Morgan fingerprint density at radius 1 is 1.00 bits per heavy atom. The van der Waals surface area contributed by atoms with Crippen molar-refractivity contribution in [2.24, 2.45) is 0 Å². The molecule has 0 amide bonds. The summed E-state index contributed by atoms with van der Waals surface area (Å²) in [6, 6.07) is 0.